The Labute approximate surface area is 161 Å². The molecule has 0 saturated carbocycles. The topological polar surface area (TPSA) is 77.1 Å². The Morgan fingerprint density at radius 1 is 1.14 bits per heavy atom. The second kappa shape index (κ2) is 7.52. The van der Waals surface area contributed by atoms with Crippen molar-refractivity contribution in [2.75, 3.05) is 0 Å². The predicted octanol–water partition coefficient (Wildman–Crippen LogP) is 3.28. The lowest BCUT2D eigenvalue weighted by atomic mass is 10.1. The van der Waals surface area contributed by atoms with Gasteiger partial charge in [-0.15, -0.1) is 0 Å². The summed E-state index contributed by atoms with van der Waals surface area (Å²) in [5.74, 6) is 0.492. The van der Waals surface area contributed by atoms with Crippen LogP contribution in [0.3, 0.4) is 0 Å². The van der Waals surface area contributed by atoms with E-state index in [1.807, 2.05) is 31.2 Å². The molecule has 140 valence electrons. The van der Waals surface area contributed by atoms with Crippen LogP contribution in [0.2, 0.25) is 0 Å². The largest absolute Gasteiger partial charge is 0.467 e. The van der Waals surface area contributed by atoms with Gasteiger partial charge in [-0.3, -0.25) is 14.2 Å². The number of benzene rings is 2. The van der Waals surface area contributed by atoms with Crippen molar-refractivity contribution in [3.05, 3.63) is 100.0 Å². The molecule has 0 aliphatic carbocycles. The number of hydrogen-bond acceptors (Lipinski definition) is 4. The van der Waals surface area contributed by atoms with Crippen LogP contribution in [-0.2, 0) is 13.1 Å². The van der Waals surface area contributed by atoms with E-state index >= 15 is 0 Å². The summed E-state index contributed by atoms with van der Waals surface area (Å²) in [7, 11) is 0. The van der Waals surface area contributed by atoms with Crippen LogP contribution in [0.5, 0.6) is 0 Å². The molecule has 0 atom stereocenters. The Bertz CT molecular complexity index is 1190. The summed E-state index contributed by atoms with van der Waals surface area (Å²) in [5, 5.41) is 3.41. The van der Waals surface area contributed by atoms with Crippen LogP contribution in [0.25, 0.3) is 10.9 Å². The summed E-state index contributed by atoms with van der Waals surface area (Å²) in [4.78, 5) is 29.5. The number of furan rings is 1. The molecule has 0 unspecified atom stereocenters. The van der Waals surface area contributed by atoms with Gasteiger partial charge in [-0.05, 0) is 48.9 Å². The van der Waals surface area contributed by atoms with E-state index < -0.39 is 0 Å². The molecule has 6 nitrogen and oxygen atoms in total. The van der Waals surface area contributed by atoms with Crippen molar-refractivity contribution in [3.8, 4) is 0 Å². The van der Waals surface area contributed by atoms with Gasteiger partial charge in [0.25, 0.3) is 11.5 Å². The van der Waals surface area contributed by atoms with Crippen molar-refractivity contribution >= 4 is 16.8 Å². The highest BCUT2D eigenvalue weighted by atomic mass is 16.3. The monoisotopic (exact) mass is 373 g/mol. The van der Waals surface area contributed by atoms with E-state index in [0.29, 0.717) is 35.3 Å². The summed E-state index contributed by atoms with van der Waals surface area (Å²) < 4.78 is 6.78. The van der Waals surface area contributed by atoms with E-state index in [9.17, 15) is 9.59 Å². The number of carbonyl (C=O) groups excluding carboxylic acids is 1. The van der Waals surface area contributed by atoms with Crippen LogP contribution in [0.1, 0.15) is 27.2 Å². The van der Waals surface area contributed by atoms with E-state index in [0.717, 1.165) is 11.1 Å². The molecule has 0 aliphatic rings. The van der Waals surface area contributed by atoms with Crippen molar-refractivity contribution in [1.82, 2.24) is 14.9 Å². The van der Waals surface area contributed by atoms with E-state index in [1.54, 1.807) is 47.5 Å². The van der Waals surface area contributed by atoms with Gasteiger partial charge in [-0.1, -0.05) is 23.8 Å². The zero-order chi connectivity index (χ0) is 19.5. The number of hydrogen-bond donors (Lipinski definition) is 1. The van der Waals surface area contributed by atoms with Gasteiger partial charge in [0.1, 0.15) is 5.76 Å². The van der Waals surface area contributed by atoms with Crippen LogP contribution in [-0.4, -0.2) is 15.5 Å². The van der Waals surface area contributed by atoms with E-state index in [2.05, 4.69) is 10.3 Å². The van der Waals surface area contributed by atoms with Crippen molar-refractivity contribution in [2.24, 2.45) is 0 Å². The van der Waals surface area contributed by atoms with Gasteiger partial charge in [0, 0.05) is 5.56 Å². The van der Waals surface area contributed by atoms with Gasteiger partial charge in [-0.2, -0.15) is 0 Å². The fourth-order valence-corrected chi connectivity index (χ4v) is 3.08. The molecule has 2 aromatic carbocycles. The zero-order valence-corrected chi connectivity index (χ0v) is 15.4. The molecule has 0 spiro atoms. The second-order valence-electron chi connectivity index (χ2n) is 6.66. The third-order valence-electron chi connectivity index (χ3n) is 4.52. The quantitative estimate of drug-likeness (QED) is 0.582. The Morgan fingerprint density at radius 3 is 2.86 bits per heavy atom. The predicted molar refractivity (Wildman–Crippen MR) is 106 cm³/mol. The van der Waals surface area contributed by atoms with E-state index in [4.69, 9.17) is 4.42 Å². The van der Waals surface area contributed by atoms with E-state index in [1.165, 1.54) is 0 Å². The highest BCUT2D eigenvalue weighted by Crippen LogP contribution is 2.11. The Hall–Kier alpha value is -3.67. The lowest BCUT2D eigenvalue weighted by Gasteiger charge is -2.09. The van der Waals surface area contributed by atoms with Crippen molar-refractivity contribution in [1.29, 1.82) is 0 Å². The van der Waals surface area contributed by atoms with Gasteiger partial charge in [0.05, 0.1) is 36.6 Å². The fourth-order valence-electron chi connectivity index (χ4n) is 3.08. The van der Waals surface area contributed by atoms with Gasteiger partial charge in [0.2, 0.25) is 0 Å². The Balaban J connectivity index is 1.55. The van der Waals surface area contributed by atoms with Crippen molar-refractivity contribution in [2.45, 2.75) is 20.0 Å². The third-order valence-corrected chi connectivity index (χ3v) is 4.52. The average Bonchev–Trinajstić information content (AvgIpc) is 3.22. The molecular formula is C22H19N3O3. The van der Waals surface area contributed by atoms with Crippen LogP contribution < -0.4 is 10.9 Å². The first-order chi connectivity index (χ1) is 13.6. The zero-order valence-electron chi connectivity index (χ0n) is 15.4. The summed E-state index contributed by atoms with van der Waals surface area (Å²) in [6.07, 6.45) is 3.11. The molecule has 4 rings (SSSR count). The third kappa shape index (κ3) is 3.71. The molecule has 1 N–H and O–H groups in total. The Morgan fingerprint density at radius 2 is 2.04 bits per heavy atom. The lowest BCUT2D eigenvalue weighted by Crippen LogP contribution is -2.23. The number of rotatable bonds is 5. The molecule has 0 radical (unpaired) electrons. The number of nitrogens with zero attached hydrogens (tertiary/aromatic N) is 2. The summed E-state index contributed by atoms with van der Waals surface area (Å²) in [6, 6.07) is 16.4. The molecule has 2 aromatic heterocycles. The number of aryl methyl sites for hydroxylation is 1. The number of nitrogens with one attached hydrogen (secondary N) is 1. The molecule has 0 aliphatic heterocycles. The first-order valence-electron chi connectivity index (χ1n) is 8.95. The summed E-state index contributed by atoms with van der Waals surface area (Å²) in [6.45, 7) is 2.61. The first-order valence-corrected chi connectivity index (χ1v) is 8.95. The van der Waals surface area contributed by atoms with Gasteiger partial charge >= 0.3 is 0 Å². The maximum absolute atomic E-state index is 12.8. The minimum Gasteiger partial charge on any atom is -0.467 e. The molecule has 0 bridgehead atoms. The van der Waals surface area contributed by atoms with Crippen LogP contribution in [0, 0.1) is 6.92 Å². The maximum atomic E-state index is 12.8. The first kappa shape index (κ1) is 17.7. The average molecular weight is 373 g/mol. The van der Waals surface area contributed by atoms with Gasteiger partial charge in [0.15, 0.2) is 0 Å². The second-order valence-corrected chi connectivity index (χ2v) is 6.66. The van der Waals surface area contributed by atoms with Gasteiger partial charge < -0.3 is 9.73 Å². The molecule has 0 saturated heterocycles. The van der Waals surface area contributed by atoms with Crippen LogP contribution in [0.15, 0.2) is 76.4 Å². The number of fused-ring (bicyclic) bond motifs is 1. The summed E-state index contributed by atoms with van der Waals surface area (Å²) in [5.41, 5.74) is 2.97. The SMILES string of the molecule is Cc1ccc2ncn(Cc3cccc(C(=O)NCc4ccco4)c3)c(=O)c2c1. The Kier molecular flexibility index (Phi) is 4.76. The number of aromatic nitrogens is 2. The van der Waals surface area contributed by atoms with E-state index in [-0.39, 0.29) is 11.5 Å². The van der Waals surface area contributed by atoms with Crippen molar-refractivity contribution in [3.63, 3.8) is 0 Å². The molecular weight excluding hydrogens is 354 g/mol. The number of carbonyl (C=O) groups is 1. The molecule has 2 heterocycles. The highest BCUT2D eigenvalue weighted by molar-refractivity contribution is 5.94. The van der Waals surface area contributed by atoms with Crippen LogP contribution >= 0.6 is 0 Å². The fraction of sp³-hybridized carbons (Fsp3) is 0.136. The minimum absolute atomic E-state index is 0.0960. The highest BCUT2D eigenvalue weighted by Gasteiger charge is 2.09. The maximum Gasteiger partial charge on any atom is 0.261 e. The van der Waals surface area contributed by atoms with Gasteiger partial charge in [-0.25, -0.2) is 4.98 Å². The molecule has 1 amide bonds. The number of amides is 1. The molecule has 28 heavy (non-hydrogen) atoms. The molecule has 4 aromatic rings. The van der Waals surface area contributed by atoms with Crippen LogP contribution in [0.4, 0.5) is 0 Å². The van der Waals surface area contributed by atoms with Crippen molar-refractivity contribution < 1.29 is 9.21 Å². The summed E-state index contributed by atoms with van der Waals surface area (Å²) >= 11 is 0. The standard InChI is InChI=1S/C22H19N3O3/c1-15-7-8-20-19(10-15)22(27)25(14-24-20)13-16-4-2-5-17(11-16)21(26)23-12-18-6-3-9-28-18/h2-11,14H,12-13H2,1H3,(H,23,26). The molecule has 0 fully saturated rings. The smallest absolute Gasteiger partial charge is 0.261 e. The minimum atomic E-state index is -0.196. The lowest BCUT2D eigenvalue weighted by molar-refractivity contribution is 0.0948. The normalized spacial score (nSPS) is 10.9. The molecule has 6 heteroatoms.